The quantitative estimate of drug-likeness (QED) is 0.869. The van der Waals surface area contributed by atoms with E-state index < -0.39 is 0 Å². The zero-order valence-electron chi connectivity index (χ0n) is 12.0. The summed E-state index contributed by atoms with van der Waals surface area (Å²) in [5.41, 5.74) is 0.857. The average Bonchev–Trinajstić information content (AvgIpc) is 2.46. The molecular weight excluding hydrogens is 255 g/mol. The number of amides is 1. The minimum atomic E-state index is -0.247. The Hall–Kier alpha value is -1.42. The number of hydrogen-bond acceptors (Lipinski definition) is 2. The molecule has 20 heavy (non-hydrogen) atoms. The number of carbonyl (C=O) groups excluding carboxylic acids is 1. The highest BCUT2D eigenvalue weighted by Crippen LogP contribution is 2.17. The molecule has 1 amide bonds. The lowest BCUT2D eigenvalue weighted by atomic mass is 9.95. The van der Waals surface area contributed by atoms with Crippen molar-refractivity contribution < 1.29 is 9.18 Å². The molecule has 1 atom stereocenters. The van der Waals surface area contributed by atoms with Crippen molar-refractivity contribution >= 4 is 5.91 Å². The molecule has 3 nitrogen and oxygen atoms in total. The van der Waals surface area contributed by atoms with Crippen LogP contribution in [0.2, 0.25) is 0 Å². The van der Waals surface area contributed by atoms with E-state index in [0.717, 1.165) is 18.4 Å². The van der Waals surface area contributed by atoms with Gasteiger partial charge in [-0.15, -0.1) is 0 Å². The fourth-order valence-corrected chi connectivity index (χ4v) is 2.67. The van der Waals surface area contributed by atoms with Gasteiger partial charge in [-0.1, -0.05) is 31.4 Å². The third-order valence-electron chi connectivity index (χ3n) is 3.89. The maximum Gasteiger partial charge on any atom is 0.234 e. The van der Waals surface area contributed by atoms with Crippen molar-refractivity contribution in [3.05, 3.63) is 35.6 Å². The van der Waals surface area contributed by atoms with E-state index in [4.69, 9.17) is 0 Å². The monoisotopic (exact) mass is 278 g/mol. The van der Waals surface area contributed by atoms with Gasteiger partial charge in [-0.2, -0.15) is 0 Å². The second-order valence-electron chi connectivity index (χ2n) is 5.56. The predicted octanol–water partition coefficient (Wildman–Crippen LogP) is 2.93. The Kier molecular flexibility index (Phi) is 5.53. The lowest BCUT2D eigenvalue weighted by molar-refractivity contribution is -0.121. The summed E-state index contributed by atoms with van der Waals surface area (Å²) < 4.78 is 13.1. The summed E-state index contributed by atoms with van der Waals surface area (Å²) in [4.78, 5) is 11.9. The molecule has 4 heteroatoms. The highest BCUT2D eigenvalue weighted by molar-refractivity contribution is 5.78. The van der Waals surface area contributed by atoms with Gasteiger partial charge in [0.1, 0.15) is 5.82 Å². The largest absolute Gasteiger partial charge is 0.352 e. The number of rotatable bonds is 5. The maximum atomic E-state index is 13.1. The third kappa shape index (κ3) is 4.60. The molecule has 0 spiro atoms. The molecule has 1 aliphatic carbocycles. The lowest BCUT2D eigenvalue weighted by Gasteiger charge is -2.23. The molecule has 0 saturated heterocycles. The molecule has 2 N–H and O–H groups in total. The van der Waals surface area contributed by atoms with Crippen molar-refractivity contribution in [2.75, 3.05) is 6.54 Å². The van der Waals surface area contributed by atoms with Crippen molar-refractivity contribution in [1.82, 2.24) is 10.6 Å². The van der Waals surface area contributed by atoms with E-state index in [1.807, 2.05) is 13.0 Å². The van der Waals surface area contributed by atoms with E-state index >= 15 is 0 Å². The number of hydrogen-bond donors (Lipinski definition) is 2. The van der Waals surface area contributed by atoms with Crippen LogP contribution in [-0.2, 0) is 4.79 Å². The summed E-state index contributed by atoms with van der Waals surface area (Å²) in [6.45, 7) is 2.21. The average molecular weight is 278 g/mol. The minimum absolute atomic E-state index is 0.0279. The van der Waals surface area contributed by atoms with Crippen LogP contribution in [0.1, 0.15) is 50.6 Å². The normalized spacial score (nSPS) is 17.7. The topological polar surface area (TPSA) is 41.1 Å². The Bertz CT molecular complexity index is 444. The van der Waals surface area contributed by atoms with E-state index in [-0.39, 0.29) is 24.3 Å². The zero-order valence-corrected chi connectivity index (χ0v) is 12.0. The fraction of sp³-hybridized carbons (Fsp3) is 0.562. The Morgan fingerprint density at radius 3 is 2.80 bits per heavy atom. The molecule has 1 aliphatic rings. The molecule has 0 heterocycles. The van der Waals surface area contributed by atoms with Crippen molar-refractivity contribution in [3.63, 3.8) is 0 Å². The first-order chi connectivity index (χ1) is 9.65. The molecule has 1 unspecified atom stereocenters. The van der Waals surface area contributed by atoms with E-state index in [2.05, 4.69) is 10.6 Å². The summed E-state index contributed by atoms with van der Waals surface area (Å²) in [5.74, 6) is -0.219. The van der Waals surface area contributed by atoms with Gasteiger partial charge in [0.15, 0.2) is 0 Å². The molecule has 1 aromatic carbocycles. The van der Waals surface area contributed by atoms with Gasteiger partial charge in [0.05, 0.1) is 6.54 Å². The Morgan fingerprint density at radius 2 is 2.10 bits per heavy atom. The van der Waals surface area contributed by atoms with Gasteiger partial charge < -0.3 is 10.6 Å². The Morgan fingerprint density at radius 1 is 1.35 bits per heavy atom. The molecule has 0 bridgehead atoms. The van der Waals surface area contributed by atoms with Crippen LogP contribution >= 0.6 is 0 Å². The van der Waals surface area contributed by atoms with E-state index in [1.165, 1.54) is 31.4 Å². The molecule has 2 rings (SSSR count). The second kappa shape index (κ2) is 7.39. The highest BCUT2D eigenvalue weighted by Gasteiger charge is 2.16. The van der Waals surface area contributed by atoms with Gasteiger partial charge in [-0.25, -0.2) is 4.39 Å². The van der Waals surface area contributed by atoms with Crippen molar-refractivity contribution in [1.29, 1.82) is 0 Å². The standard InChI is InChI=1S/C16H23FN2O/c1-12(13-6-5-7-14(17)10-13)18-11-16(20)19-15-8-3-2-4-9-15/h5-7,10,12,15,18H,2-4,8-9,11H2,1H3,(H,19,20). The number of nitrogens with one attached hydrogen (secondary N) is 2. The third-order valence-corrected chi connectivity index (χ3v) is 3.89. The van der Waals surface area contributed by atoms with Gasteiger partial charge in [0.2, 0.25) is 5.91 Å². The van der Waals surface area contributed by atoms with Gasteiger partial charge in [-0.3, -0.25) is 4.79 Å². The van der Waals surface area contributed by atoms with Crippen LogP contribution in [0.5, 0.6) is 0 Å². The highest BCUT2D eigenvalue weighted by atomic mass is 19.1. The number of halogens is 1. The van der Waals surface area contributed by atoms with Gasteiger partial charge in [-0.05, 0) is 37.5 Å². The van der Waals surface area contributed by atoms with Crippen LogP contribution in [0.25, 0.3) is 0 Å². The van der Waals surface area contributed by atoms with Crippen LogP contribution in [0, 0.1) is 5.82 Å². The van der Waals surface area contributed by atoms with Crippen LogP contribution in [-0.4, -0.2) is 18.5 Å². The maximum absolute atomic E-state index is 13.1. The Labute approximate surface area is 120 Å². The van der Waals surface area contributed by atoms with E-state index in [9.17, 15) is 9.18 Å². The summed E-state index contributed by atoms with van der Waals surface area (Å²) >= 11 is 0. The molecule has 0 aromatic heterocycles. The van der Waals surface area contributed by atoms with Crippen molar-refractivity contribution in [3.8, 4) is 0 Å². The SMILES string of the molecule is CC(NCC(=O)NC1CCCCC1)c1cccc(F)c1. The van der Waals surface area contributed by atoms with Gasteiger partial charge in [0, 0.05) is 12.1 Å². The van der Waals surface area contributed by atoms with E-state index in [1.54, 1.807) is 6.07 Å². The number of carbonyl (C=O) groups is 1. The molecule has 1 fully saturated rings. The van der Waals surface area contributed by atoms with E-state index in [0.29, 0.717) is 6.04 Å². The second-order valence-corrected chi connectivity index (χ2v) is 5.56. The summed E-state index contributed by atoms with van der Waals surface area (Å²) in [5, 5.41) is 6.20. The van der Waals surface area contributed by atoms with Crippen molar-refractivity contribution in [2.45, 2.75) is 51.1 Å². The zero-order chi connectivity index (χ0) is 14.4. The molecule has 0 aliphatic heterocycles. The molecular formula is C16H23FN2O. The van der Waals surface area contributed by atoms with Gasteiger partial charge >= 0.3 is 0 Å². The predicted molar refractivity (Wildman–Crippen MR) is 77.8 cm³/mol. The van der Waals surface area contributed by atoms with Gasteiger partial charge in [0.25, 0.3) is 0 Å². The number of benzene rings is 1. The molecule has 1 saturated carbocycles. The molecule has 1 aromatic rings. The first-order valence-corrected chi connectivity index (χ1v) is 7.43. The summed E-state index contributed by atoms with van der Waals surface area (Å²) in [7, 11) is 0. The fourth-order valence-electron chi connectivity index (χ4n) is 2.67. The van der Waals surface area contributed by atoms with Crippen LogP contribution in [0.3, 0.4) is 0 Å². The lowest BCUT2D eigenvalue weighted by Crippen LogP contribution is -2.41. The smallest absolute Gasteiger partial charge is 0.234 e. The van der Waals surface area contributed by atoms with Crippen LogP contribution in [0.4, 0.5) is 4.39 Å². The first-order valence-electron chi connectivity index (χ1n) is 7.43. The van der Waals surface area contributed by atoms with Crippen LogP contribution in [0.15, 0.2) is 24.3 Å². The summed E-state index contributed by atoms with van der Waals surface area (Å²) in [6, 6.07) is 6.76. The minimum Gasteiger partial charge on any atom is -0.352 e. The first kappa shape index (κ1) is 15.0. The van der Waals surface area contributed by atoms with Crippen LogP contribution < -0.4 is 10.6 Å². The van der Waals surface area contributed by atoms with Crippen molar-refractivity contribution in [2.24, 2.45) is 0 Å². The summed E-state index contributed by atoms with van der Waals surface area (Å²) in [6.07, 6.45) is 5.87. The molecule has 0 radical (unpaired) electrons. The molecule has 110 valence electrons. The Balaban J connectivity index is 1.75.